The smallest absolute Gasteiger partial charge is 0.410 e. The molecule has 4 aliphatic rings. The third-order valence-electron chi connectivity index (χ3n) is 17.4. The summed E-state index contributed by atoms with van der Waals surface area (Å²) in [5, 5.41) is 12.5. The molecule has 21 heteroatoms. The second kappa shape index (κ2) is 27.7. The summed E-state index contributed by atoms with van der Waals surface area (Å²) in [5.41, 5.74) is 4.02. The lowest BCUT2D eigenvalue weighted by molar-refractivity contribution is -0.146. The van der Waals surface area contributed by atoms with Gasteiger partial charge in [0, 0.05) is 44.3 Å². The Labute approximate surface area is 524 Å². The standard InChI is InChI=1S/C67H94N8O12S/c1-39(72(14)62(83)86-65(6,7)8)56(77)70-54(64(3,4)5)60(81)74-37-46(35-52(74)59(80)69-50-30-22-26-42-24-18-20-28-48(42)50)43-31-32-44-34-51(58(79)68-49-29-21-25-41-23-17-19-27-47(41)49)75(36-45(44)33-43)61(82)55(67(12,13)88-38-53(76)85-16)71-57(78)40(2)73(15)63(84)87-66(9,10)11/h17-20,23-24,27-28,31-33,39-40,46,49-52,54-55H,21-22,25-26,29-30,34-38H2,1-16H3,(H,68,79)(H,69,80)(H,70,77)(H,71,78)/t39-,40-,46-,49+,50+,51-,52-,54+,55+/m0/s1. The van der Waals surface area contributed by atoms with Gasteiger partial charge in [-0.25, -0.2) is 9.59 Å². The van der Waals surface area contributed by atoms with Crippen LogP contribution in [0.25, 0.3) is 0 Å². The van der Waals surface area contributed by atoms with Crippen LogP contribution >= 0.6 is 11.8 Å². The molecule has 3 aromatic rings. The number of ether oxygens (including phenoxy) is 3. The zero-order valence-corrected chi connectivity index (χ0v) is 55.2. The van der Waals surface area contributed by atoms with E-state index in [2.05, 4.69) is 33.4 Å². The molecule has 9 atom stereocenters. The van der Waals surface area contributed by atoms with Gasteiger partial charge in [0.1, 0.15) is 47.5 Å². The maximum absolute atomic E-state index is 15.9. The van der Waals surface area contributed by atoms with Crippen LogP contribution in [0.4, 0.5) is 9.59 Å². The third-order valence-corrected chi connectivity index (χ3v) is 18.7. The molecule has 2 aliphatic carbocycles. The van der Waals surface area contributed by atoms with Gasteiger partial charge in [0.15, 0.2) is 0 Å². The number of hydrogen-bond donors (Lipinski definition) is 4. The minimum Gasteiger partial charge on any atom is -0.468 e. The Morgan fingerprint density at radius 2 is 1.09 bits per heavy atom. The number of likely N-dealkylation sites (N-methyl/N-ethyl adjacent to an activating group) is 2. The van der Waals surface area contributed by atoms with Crippen LogP contribution < -0.4 is 21.3 Å². The normalized spacial score (nSPS) is 20.7. The minimum atomic E-state index is -1.37. The molecule has 0 aromatic heterocycles. The molecule has 1 saturated heterocycles. The fourth-order valence-electron chi connectivity index (χ4n) is 12.0. The molecule has 480 valence electrons. The molecule has 1 fully saturated rings. The van der Waals surface area contributed by atoms with Crippen LogP contribution in [0.2, 0.25) is 0 Å². The Morgan fingerprint density at radius 1 is 0.614 bits per heavy atom. The summed E-state index contributed by atoms with van der Waals surface area (Å²) in [6.45, 7) is 22.3. The number of methoxy groups -OCH3 is 1. The van der Waals surface area contributed by atoms with Crippen LogP contribution in [0.15, 0.2) is 66.7 Å². The molecular formula is C67H94N8O12S. The van der Waals surface area contributed by atoms with Crippen molar-refractivity contribution in [2.75, 3.05) is 33.5 Å². The van der Waals surface area contributed by atoms with Crippen LogP contribution in [0.1, 0.15) is 179 Å². The van der Waals surface area contributed by atoms with Gasteiger partial charge in [0.2, 0.25) is 35.4 Å². The van der Waals surface area contributed by atoms with Crippen molar-refractivity contribution in [1.29, 1.82) is 0 Å². The number of aryl methyl sites for hydroxylation is 2. The van der Waals surface area contributed by atoms with Gasteiger partial charge >= 0.3 is 18.2 Å². The van der Waals surface area contributed by atoms with E-state index in [1.165, 1.54) is 37.9 Å². The predicted molar refractivity (Wildman–Crippen MR) is 337 cm³/mol. The molecule has 4 N–H and O–H groups in total. The predicted octanol–water partition coefficient (Wildman–Crippen LogP) is 8.22. The number of fused-ring (bicyclic) bond motifs is 3. The van der Waals surface area contributed by atoms with Gasteiger partial charge in [-0.1, -0.05) is 87.5 Å². The lowest BCUT2D eigenvalue weighted by atomic mass is 9.85. The van der Waals surface area contributed by atoms with E-state index in [9.17, 15) is 24.0 Å². The molecule has 0 radical (unpaired) electrons. The molecule has 20 nitrogen and oxygen atoms in total. The molecule has 0 saturated carbocycles. The molecule has 3 aromatic carbocycles. The van der Waals surface area contributed by atoms with E-state index in [0.29, 0.717) is 18.4 Å². The molecule has 0 bridgehead atoms. The second-order valence-electron chi connectivity index (χ2n) is 27.7. The second-order valence-corrected chi connectivity index (χ2v) is 29.3. The summed E-state index contributed by atoms with van der Waals surface area (Å²) in [6.07, 6.45) is 3.67. The Kier molecular flexibility index (Phi) is 21.5. The van der Waals surface area contributed by atoms with E-state index in [1.807, 2.05) is 75.4 Å². The number of hydrogen-bond acceptors (Lipinski definition) is 13. The van der Waals surface area contributed by atoms with E-state index in [0.717, 1.165) is 75.7 Å². The number of benzene rings is 3. The maximum atomic E-state index is 15.9. The van der Waals surface area contributed by atoms with Crippen LogP contribution in [-0.4, -0.2) is 159 Å². The van der Waals surface area contributed by atoms with Crippen molar-refractivity contribution in [2.45, 2.75) is 218 Å². The van der Waals surface area contributed by atoms with Crippen LogP contribution in [0, 0.1) is 5.41 Å². The van der Waals surface area contributed by atoms with Crippen LogP contribution in [0.5, 0.6) is 0 Å². The number of carbonyl (C=O) groups excluding carboxylic acids is 9. The van der Waals surface area contributed by atoms with Gasteiger partial charge in [0.05, 0.1) is 24.9 Å². The topological polar surface area (TPSA) is 242 Å². The molecular weight excluding hydrogens is 1140 g/mol. The summed E-state index contributed by atoms with van der Waals surface area (Å²) < 4.78 is 14.9. The number of esters is 1. The van der Waals surface area contributed by atoms with Crippen molar-refractivity contribution in [3.05, 3.63) is 106 Å². The number of amides is 8. The Hall–Kier alpha value is -7.16. The first-order valence-corrected chi connectivity index (χ1v) is 31.8. The first-order chi connectivity index (χ1) is 41.1. The van der Waals surface area contributed by atoms with Crippen molar-refractivity contribution < 1.29 is 57.4 Å². The number of carbonyl (C=O) groups is 9. The van der Waals surface area contributed by atoms with Crippen molar-refractivity contribution in [2.24, 2.45) is 5.41 Å². The van der Waals surface area contributed by atoms with Crippen molar-refractivity contribution in [1.82, 2.24) is 40.9 Å². The van der Waals surface area contributed by atoms with E-state index in [-0.39, 0.29) is 49.7 Å². The summed E-state index contributed by atoms with van der Waals surface area (Å²) in [4.78, 5) is 135. The molecule has 88 heavy (non-hydrogen) atoms. The van der Waals surface area contributed by atoms with Crippen molar-refractivity contribution in [3.63, 3.8) is 0 Å². The summed E-state index contributed by atoms with van der Waals surface area (Å²) in [5.74, 6) is -4.24. The first kappa shape index (κ1) is 68.3. The Morgan fingerprint density at radius 3 is 1.58 bits per heavy atom. The highest BCUT2D eigenvalue weighted by molar-refractivity contribution is 8.01. The Balaban J connectivity index is 1.26. The maximum Gasteiger partial charge on any atom is 0.410 e. The van der Waals surface area contributed by atoms with E-state index in [1.54, 1.807) is 67.2 Å². The summed E-state index contributed by atoms with van der Waals surface area (Å²) in [7, 11) is 4.14. The highest BCUT2D eigenvalue weighted by Gasteiger charge is 2.49. The average molecular weight is 1240 g/mol. The molecule has 0 unspecified atom stereocenters. The largest absolute Gasteiger partial charge is 0.468 e. The van der Waals surface area contributed by atoms with Crippen molar-refractivity contribution in [3.8, 4) is 0 Å². The zero-order chi connectivity index (χ0) is 65.0. The van der Waals surface area contributed by atoms with Crippen LogP contribution in [0.3, 0.4) is 0 Å². The monoisotopic (exact) mass is 1230 g/mol. The van der Waals surface area contributed by atoms with Gasteiger partial charge < -0.3 is 45.3 Å². The lowest BCUT2D eigenvalue weighted by Crippen LogP contribution is -2.64. The van der Waals surface area contributed by atoms with Crippen LogP contribution in [-0.2, 0) is 73.6 Å². The van der Waals surface area contributed by atoms with Crippen molar-refractivity contribution >= 4 is 65.4 Å². The minimum absolute atomic E-state index is 0.0823. The summed E-state index contributed by atoms with van der Waals surface area (Å²) >= 11 is 1.10. The highest BCUT2D eigenvalue weighted by Crippen LogP contribution is 2.40. The molecule has 7 rings (SSSR count). The summed E-state index contributed by atoms with van der Waals surface area (Å²) in [6, 6.07) is 14.5. The number of nitrogens with one attached hydrogen (secondary N) is 4. The molecule has 8 amide bonds. The molecule has 2 heterocycles. The van der Waals surface area contributed by atoms with E-state index in [4.69, 9.17) is 14.2 Å². The zero-order valence-electron chi connectivity index (χ0n) is 54.4. The Bertz CT molecular complexity index is 3110. The lowest BCUT2D eigenvalue weighted by Gasteiger charge is -2.42. The number of nitrogens with zero attached hydrogens (tertiary/aromatic N) is 4. The SMILES string of the molecule is COC(=O)CSC(C)(C)[C@H](NC(=O)[C@H](C)N(C)C(=O)OC(C)(C)C)C(=O)N1Cc2cc([C@H]3C[C@@H](C(=O)N[C@@H]4CCCc5ccccc54)N(C(=O)[C@@H](NC(=O)[C@H](C)N(C)C(=O)OC(C)(C)C)C(C)(C)C)C3)ccc2C[C@H]1C(=O)N[C@@H]1CCCc2ccccc21. The fraction of sp³-hybridized carbons (Fsp3) is 0.597. The van der Waals surface area contributed by atoms with Gasteiger partial charge in [-0.3, -0.25) is 43.4 Å². The third kappa shape index (κ3) is 16.6. The van der Waals surface area contributed by atoms with Gasteiger partial charge in [0.25, 0.3) is 0 Å². The van der Waals surface area contributed by atoms with Gasteiger partial charge in [-0.05, 0) is 159 Å². The molecule has 0 spiro atoms. The number of thioether (sulfide) groups is 1. The molecule has 2 aliphatic heterocycles. The van der Waals surface area contributed by atoms with Gasteiger partial charge in [-0.15, -0.1) is 11.8 Å². The first-order valence-electron chi connectivity index (χ1n) is 30.8. The average Bonchev–Trinajstić information content (AvgIpc) is 2.04. The highest BCUT2D eigenvalue weighted by atomic mass is 32.2. The number of likely N-dealkylation sites (tertiary alicyclic amines) is 1. The number of rotatable bonds is 17. The fourth-order valence-corrected chi connectivity index (χ4v) is 12.9. The quantitative estimate of drug-likeness (QED) is 0.0737. The van der Waals surface area contributed by atoms with E-state index >= 15 is 19.2 Å². The van der Waals surface area contributed by atoms with Gasteiger partial charge in [-0.2, -0.15) is 0 Å². The van der Waals surface area contributed by atoms with E-state index < -0.39 is 111 Å².